The number of ether oxygens (including phenoxy) is 1. The summed E-state index contributed by atoms with van der Waals surface area (Å²) in [5.41, 5.74) is 0. The number of rotatable bonds is 2. The maximum Gasteiger partial charge on any atom is 0.335 e. The molecule has 0 saturated heterocycles. The topological polar surface area (TPSA) is 39.9 Å². The minimum atomic E-state index is 0.465. The van der Waals surface area contributed by atoms with Gasteiger partial charge in [0.2, 0.25) is 0 Å². The van der Waals surface area contributed by atoms with Gasteiger partial charge in [-0.05, 0) is 12.8 Å². The first kappa shape index (κ1) is 5.70. The van der Waals surface area contributed by atoms with Crippen LogP contribution in [0.15, 0.2) is 6.33 Å². The monoisotopic (exact) mass is 139 g/mol. The van der Waals surface area contributed by atoms with E-state index in [0.717, 1.165) is 0 Å². The molecule has 2 rings (SSSR count). The largest absolute Gasteiger partial charge is 0.466 e. The molecule has 1 heterocycles. The van der Waals surface area contributed by atoms with E-state index in [1.807, 2.05) is 4.68 Å². The Kier molecular flexibility index (Phi) is 1.12. The molecule has 0 amide bonds. The molecule has 0 spiro atoms. The molecule has 1 aromatic heterocycles. The lowest BCUT2D eigenvalue weighted by Crippen LogP contribution is -1.94. The van der Waals surface area contributed by atoms with Crippen molar-refractivity contribution in [1.82, 2.24) is 14.8 Å². The van der Waals surface area contributed by atoms with Crippen molar-refractivity contribution in [2.45, 2.75) is 18.9 Å². The van der Waals surface area contributed by atoms with Crippen LogP contribution >= 0.6 is 0 Å². The molecule has 0 bridgehead atoms. The summed E-state index contributed by atoms with van der Waals surface area (Å²) < 4.78 is 6.69. The molecule has 1 aliphatic rings. The van der Waals surface area contributed by atoms with Crippen molar-refractivity contribution in [2.24, 2.45) is 0 Å². The molecule has 1 aliphatic carbocycles. The molecule has 0 unspecified atom stereocenters. The third-order valence-electron chi connectivity index (χ3n) is 1.59. The van der Waals surface area contributed by atoms with Gasteiger partial charge in [-0.25, -0.2) is 4.68 Å². The van der Waals surface area contributed by atoms with Crippen LogP contribution in [0.25, 0.3) is 0 Å². The van der Waals surface area contributed by atoms with E-state index in [1.54, 1.807) is 13.4 Å². The van der Waals surface area contributed by atoms with Gasteiger partial charge in [-0.3, -0.25) is 0 Å². The summed E-state index contributed by atoms with van der Waals surface area (Å²) in [5.74, 6) is 0. The lowest BCUT2D eigenvalue weighted by molar-refractivity contribution is 0.375. The Hall–Kier alpha value is -1.06. The van der Waals surface area contributed by atoms with Crippen LogP contribution in [0, 0.1) is 0 Å². The van der Waals surface area contributed by atoms with Crippen LogP contribution in [0.2, 0.25) is 0 Å². The summed E-state index contributed by atoms with van der Waals surface area (Å²) in [6, 6.07) is 1.06. The molecule has 10 heavy (non-hydrogen) atoms. The number of methoxy groups -OCH3 is 1. The first-order chi connectivity index (χ1) is 4.90. The van der Waals surface area contributed by atoms with Crippen LogP contribution in [0.3, 0.4) is 0 Å². The SMILES string of the molecule is COc1ncn(C2CC2)n1. The fourth-order valence-corrected chi connectivity index (χ4v) is 0.868. The number of nitrogens with zero attached hydrogens (tertiary/aromatic N) is 3. The Balaban J connectivity index is 2.19. The molecule has 4 nitrogen and oxygen atoms in total. The van der Waals surface area contributed by atoms with Gasteiger partial charge < -0.3 is 4.74 Å². The van der Waals surface area contributed by atoms with Gasteiger partial charge in [0.1, 0.15) is 6.33 Å². The lowest BCUT2D eigenvalue weighted by Gasteiger charge is -1.91. The van der Waals surface area contributed by atoms with E-state index in [1.165, 1.54) is 12.8 Å². The maximum atomic E-state index is 4.83. The molecule has 0 aromatic carbocycles. The summed E-state index contributed by atoms with van der Waals surface area (Å²) in [6.07, 6.45) is 4.18. The van der Waals surface area contributed by atoms with E-state index in [2.05, 4.69) is 10.1 Å². The Morgan fingerprint density at radius 3 is 3.00 bits per heavy atom. The van der Waals surface area contributed by atoms with Gasteiger partial charge in [0.05, 0.1) is 13.2 Å². The standard InChI is InChI=1S/C6H9N3O/c1-10-6-7-4-9(8-6)5-2-3-5/h4-5H,2-3H2,1H3. The molecule has 0 atom stereocenters. The Labute approximate surface area is 58.8 Å². The minimum Gasteiger partial charge on any atom is -0.466 e. The highest BCUT2D eigenvalue weighted by molar-refractivity contribution is 4.91. The molecule has 0 aliphatic heterocycles. The molecule has 1 saturated carbocycles. The van der Waals surface area contributed by atoms with Gasteiger partial charge in [0.25, 0.3) is 0 Å². The predicted octanol–water partition coefficient (Wildman–Crippen LogP) is 0.622. The van der Waals surface area contributed by atoms with E-state index in [4.69, 9.17) is 4.74 Å². The smallest absolute Gasteiger partial charge is 0.335 e. The lowest BCUT2D eigenvalue weighted by atomic mass is 10.7. The van der Waals surface area contributed by atoms with Gasteiger partial charge in [0, 0.05) is 0 Å². The van der Waals surface area contributed by atoms with Crippen molar-refractivity contribution in [3.63, 3.8) is 0 Å². The number of aromatic nitrogens is 3. The van der Waals surface area contributed by atoms with Crippen LogP contribution in [-0.2, 0) is 0 Å². The van der Waals surface area contributed by atoms with Crippen molar-refractivity contribution >= 4 is 0 Å². The van der Waals surface area contributed by atoms with Gasteiger partial charge in [0.15, 0.2) is 0 Å². The van der Waals surface area contributed by atoms with E-state index in [0.29, 0.717) is 12.1 Å². The fraction of sp³-hybridized carbons (Fsp3) is 0.667. The zero-order valence-corrected chi connectivity index (χ0v) is 5.82. The van der Waals surface area contributed by atoms with Crippen LogP contribution < -0.4 is 4.74 Å². The second-order valence-electron chi connectivity index (χ2n) is 2.44. The molecular weight excluding hydrogens is 130 g/mol. The fourth-order valence-electron chi connectivity index (χ4n) is 0.868. The second-order valence-corrected chi connectivity index (χ2v) is 2.44. The first-order valence-electron chi connectivity index (χ1n) is 3.35. The van der Waals surface area contributed by atoms with Crippen molar-refractivity contribution in [3.05, 3.63) is 6.33 Å². The molecule has 1 aromatic rings. The summed E-state index contributed by atoms with van der Waals surface area (Å²) in [6.45, 7) is 0. The van der Waals surface area contributed by atoms with Crippen molar-refractivity contribution in [3.8, 4) is 6.01 Å². The highest BCUT2D eigenvalue weighted by Crippen LogP contribution is 2.33. The average molecular weight is 139 g/mol. The Morgan fingerprint density at radius 1 is 1.70 bits per heavy atom. The van der Waals surface area contributed by atoms with Gasteiger partial charge >= 0.3 is 6.01 Å². The van der Waals surface area contributed by atoms with Gasteiger partial charge in [-0.1, -0.05) is 0 Å². The van der Waals surface area contributed by atoms with Crippen molar-refractivity contribution in [1.29, 1.82) is 0 Å². The maximum absolute atomic E-state index is 4.83. The third-order valence-corrected chi connectivity index (χ3v) is 1.59. The molecule has 4 heteroatoms. The number of hydrogen-bond acceptors (Lipinski definition) is 3. The van der Waals surface area contributed by atoms with Crippen molar-refractivity contribution in [2.75, 3.05) is 7.11 Å². The third kappa shape index (κ3) is 0.853. The zero-order chi connectivity index (χ0) is 6.97. The average Bonchev–Trinajstić information content (AvgIpc) is 2.70. The van der Waals surface area contributed by atoms with E-state index >= 15 is 0 Å². The molecule has 1 fully saturated rings. The first-order valence-corrected chi connectivity index (χ1v) is 3.35. The van der Waals surface area contributed by atoms with Crippen molar-refractivity contribution < 1.29 is 4.74 Å². The van der Waals surface area contributed by atoms with E-state index in [-0.39, 0.29) is 0 Å². The van der Waals surface area contributed by atoms with E-state index in [9.17, 15) is 0 Å². The van der Waals surface area contributed by atoms with Gasteiger partial charge in [-0.2, -0.15) is 4.98 Å². The number of hydrogen-bond donors (Lipinski definition) is 0. The predicted molar refractivity (Wildman–Crippen MR) is 34.8 cm³/mol. The van der Waals surface area contributed by atoms with E-state index < -0.39 is 0 Å². The van der Waals surface area contributed by atoms with Crippen LogP contribution in [0.5, 0.6) is 6.01 Å². The quantitative estimate of drug-likeness (QED) is 0.603. The molecule has 0 N–H and O–H groups in total. The summed E-state index contributed by atoms with van der Waals surface area (Å²) in [4.78, 5) is 3.93. The summed E-state index contributed by atoms with van der Waals surface area (Å²) in [7, 11) is 1.58. The minimum absolute atomic E-state index is 0.465. The van der Waals surface area contributed by atoms with Crippen LogP contribution in [-0.4, -0.2) is 21.9 Å². The van der Waals surface area contributed by atoms with Crippen LogP contribution in [0.1, 0.15) is 18.9 Å². The summed E-state index contributed by atoms with van der Waals surface area (Å²) in [5, 5.41) is 4.07. The molecule has 54 valence electrons. The zero-order valence-electron chi connectivity index (χ0n) is 5.82. The molecular formula is C6H9N3O. The van der Waals surface area contributed by atoms with Crippen LogP contribution in [0.4, 0.5) is 0 Å². The Morgan fingerprint density at radius 2 is 2.50 bits per heavy atom. The Bertz CT molecular complexity index is 229. The molecule has 0 radical (unpaired) electrons. The summed E-state index contributed by atoms with van der Waals surface area (Å²) >= 11 is 0. The highest BCUT2D eigenvalue weighted by atomic mass is 16.5. The van der Waals surface area contributed by atoms with Gasteiger partial charge in [-0.15, -0.1) is 5.10 Å². The highest BCUT2D eigenvalue weighted by Gasteiger charge is 2.24. The normalized spacial score (nSPS) is 17.3. The second kappa shape index (κ2) is 1.97.